The van der Waals surface area contributed by atoms with Crippen LogP contribution in [-0.4, -0.2) is 18.3 Å². The molecule has 0 unspecified atom stereocenters. The van der Waals surface area contributed by atoms with Crippen molar-refractivity contribution in [2.24, 2.45) is 5.10 Å². The topological polar surface area (TPSA) is 46.5 Å². The van der Waals surface area contributed by atoms with E-state index in [0.29, 0.717) is 0 Å². The van der Waals surface area contributed by atoms with Crippen LogP contribution in [0.1, 0.15) is 5.56 Å². The summed E-state index contributed by atoms with van der Waals surface area (Å²) in [4.78, 5) is 4.51. The van der Waals surface area contributed by atoms with Gasteiger partial charge in [-0.2, -0.15) is 5.10 Å². The van der Waals surface area contributed by atoms with Crippen molar-refractivity contribution < 1.29 is 4.74 Å². The van der Waals surface area contributed by atoms with Crippen molar-refractivity contribution in [1.82, 2.24) is 4.98 Å². The van der Waals surface area contributed by atoms with Gasteiger partial charge in [0.2, 0.25) is 5.13 Å². The number of hydrogen-bond acceptors (Lipinski definition) is 5. The molecule has 0 aliphatic heterocycles. The normalized spacial score (nSPS) is 10.8. The van der Waals surface area contributed by atoms with Crippen LogP contribution in [-0.2, 0) is 0 Å². The molecule has 0 atom stereocenters. The highest BCUT2D eigenvalue weighted by Crippen LogP contribution is 2.24. The molecular weight excluding hydrogens is 294 g/mol. The molecule has 1 N–H and O–H groups in total. The van der Waals surface area contributed by atoms with Crippen LogP contribution in [0.5, 0.6) is 5.75 Å². The van der Waals surface area contributed by atoms with Gasteiger partial charge in [0.25, 0.3) is 0 Å². The maximum absolute atomic E-state index is 5.18. The number of nitrogens with zero attached hydrogens (tertiary/aromatic N) is 2. The molecule has 5 heteroatoms. The van der Waals surface area contributed by atoms with Gasteiger partial charge in [-0.25, -0.2) is 4.98 Å². The zero-order valence-electron chi connectivity index (χ0n) is 12.1. The van der Waals surface area contributed by atoms with Gasteiger partial charge in [-0.05, 0) is 17.7 Å². The standard InChI is InChI=1S/C17H15N3OS/c1-21-15-9-5-6-13(10-15)11-18-20-17-19-16(12-22-17)14-7-3-2-4-8-14/h2-12H,1H3,(H,19,20)/b18-11+. The van der Waals surface area contributed by atoms with Crippen molar-refractivity contribution in [2.75, 3.05) is 12.5 Å². The highest BCUT2D eigenvalue weighted by Gasteiger charge is 2.02. The van der Waals surface area contributed by atoms with Gasteiger partial charge < -0.3 is 4.74 Å². The number of hydrazone groups is 1. The summed E-state index contributed by atoms with van der Waals surface area (Å²) >= 11 is 1.53. The first-order valence-electron chi connectivity index (χ1n) is 6.79. The fraction of sp³-hybridized carbons (Fsp3) is 0.0588. The summed E-state index contributed by atoms with van der Waals surface area (Å²) in [6, 6.07) is 17.8. The summed E-state index contributed by atoms with van der Waals surface area (Å²) in [5.74, 6) is 0.810. The monoisotopic (exact) mass is 309 g/mol. The number of aromatic nitrogens is 1. The van der Waals surface area contributed by atoms with Crippen LogP contribution in [0.15, 0.2) is 65.1 Å². The predicted molar refractivity (Wildman–Crippen MR) is 91.8 cm³/mol. The Hall–Kier alpha value is -2.66. The van der Waals surface area contributed by atoms with Crippen LogP contribution in [0.25, 0.3) is 11.3 Å². The van der Waals surface area contributed by atoms with E-state index in [9.17, 15) is 0 Å². The SMILES string of the molecule is COc1cccc(/C=N/Nc2nc(-c3ccccc3)cs2)c1. The molecule has 1 heterocycles. The summed E-state index contributed by atoms with van der Waals surface area (Å²) in [7, 11) is 1.65. The molecule has 0 spiro atoms. The summed E-state index contributed by atoms with van der Waals surface area (Å²) in [6.07, 6.45) is 1.74. The quantitative estimate of drug-likeness (QED) is 0.565. The van der Waals surface area contributed by atoms with Crippen LogP contribution in [0, 0.1) is 0 Å². The smallest absolute Gasteiger partial charge is 0.203 e. The number of anilines is 1. The van der Waals surface area contributed by atoms with E-state index in [2.05, 4.69) is 15.5 Å². The van der Waals surface area contributed by atoms with E-state index >= 15 is 0 Å². The van der Waals surface area contributed by atoms with Crippen molar-refractivity contribution in [3.05, 3.63) is 65.5 Å². The average molecular weight is 309 g/mol. The summed E-state index contributed by atoms with van der Waals surface area (Å²) in [5, 5.41) is 6.99. The van der Waals surface area contributed by atoms with Gasteiger partial charge in [0.1, 0.15) is 5.75 Å². The van der Waals surface area contributed by atoms with E-state index in [4.69, 9.17) is 4.74 Å². The molecular formula is C17H15N3OS. The van der Waals surface area contributed by atoms with E-state index in [0.717, 1.165) is 27.7 Å². The third kappa shape index (κ3) is 3.51. The summed E-state index contributed by atoms with van der Waals surface area (Å²) in [5.41, 5.74) is 5.97. The van der Waals surface area contributed by atoms with Crippen molar-refractivity contribution in [1.29, 1.82) is 0 Å². The number of hydrogen-bond donors (Lipinski definition) is 1. The molecule has 0 fully saturated rings. The van der Waals surface area contributed by atoms with Gasteiger partial charge in [-0.15, -0.1) is 11.3 Å². The van der Waals surface area contributed by atoms with E-state index in [1.165, 1.54) is 11.3 Å². The lowest BCUT2D eigenvalue weighted by Gasteiger charge is -1.99. The highest BCUT2D eigenvalue weighted by atomic mass is 32.1. The van der Waals surface area contributed by atoms with Crippen LogP contribution in [0.2, 0.25) is 0 Å². The average Bonchev–Trinajstić information content (AvgIpc) is 3.05. The first-order valence-corrected chi connectivity index (χ1v) is 7.67. The number of thiazole rings is 1. The number of methoxy groups -OCH3 is 1. The summed E-state index contributed by atoms with van der Waals surface area (Å²) < 4.78 is 5.18. The molecule has 0 saturated heterocycles. The Kier molecular flexibility index (Phi) is 4.46. The minimum atomic E-state index is 0.762. The molecule has 4 nitrogen and oxygen atoms in total. The largest absolute Gasteiger partial charge is 0.497 e. The Morgan fingerprint density at radius 1 is 1.14 bits per heavy atom. The molecule has 0 bridgehead atoms. The Morgan fingerprint density at radius 3 is 2.82 bits per heavy atom. The van der Waals surface area contributed by atoms with Gasteiger partial charge in [-0.1, -0.05) is 42.5 Å². The van der Waals surface area contributed by atoms with Crippen LogP contribution in [0.4, 0.5) is 5.13 Å². The fourth-order valence-corrected chi connectivity index (χ4v) is 2.62. The fourth-order valence-electron chi connectivity index (χ4n) is 1.95. The third-order valence-electron chi connectivity index (χ3n) is 3.04. The molecule has 22 heavy (non-hydrogen) atoms. The molecule has 110 valence electrons. The third-order valence-corrected chi connectivity index (χ3v) is 3.79. The molecule has 0 radical (unpaired) electrons. The van der Waals surface area contributed by atoms with E-state index in [-0.39, 0.29) is 0 Å². The van der Waals surface area contributed by atoms with Gasteiger partial charge in [0.05, 0.1) is 19.0 Å². The number of rotatable bonds is 5. The number of ether oxygens (including phenoxy) is 1. The lowest BCUT2D eigenvalue weighted by molar-refractivity contribution is 0.415. The van der Waals surface area contributed by atoms with Crippen molar-refractivity contribution in [3.8, 4) is 17.0 Å². The van der Waals surface area contributed by atoms with Crippen molar-refractivity contribution in [2.45, 2.75) is 0 Å². The van der Waals surface area contributed by atoms with E-state index in [1.54, 1.807) is 13.3 Å². The Morgan fingerprint density at radius 2 is 2.00 bits per heavy atom. The molecule has 2 aromatic carbocycles. The maximum Gasteiger partial charge on any atom is 0.203 e. The second-order valence-corrected chi connectivity index (χ2v) is 5.41. The van der Waals surface area contributed by atoms with Crippen LogP contribution < -0.4 is 10.2 Å². The highest BCUT2D eigenvalue weighted by molar-refractivity contribution is 7.14. The number of benzene rings is 2. The Labute approximate surface area is 133 Å². The molecule has 0 aliphatic carbocycles. The lowest BCUT2D eigenvalue weighted by atomic mass is 10.2. The van der Waals surface area contributed by atoms with Gasteiger partial charge in [-0.3, -0.25) is 5.43 Å². The van der Waals surface area contributed by atoms with E-state index in [1.807, 2.05) is 60.0 Å². The number of nitrogens with one attached hydrogen (secondary N) is 1. The summed E-state index contributed by atoms with van der Waals surface area (Å²) in [6.45, 7) is 0. The minimum absolute atomic E-state index is 0.762. The van der Waals surface area contributed by atoms with Gasteiger partial charge >= 0.3 is 0 Å². The Bertz CT molecular complexity index is 768. The Balaban J connectivity index is 1.67. The second-order valence-electron chi connectivity index (χ2n) is 4.55. The first-order chi connectivity index (χ1) is 10.8. The van der Waals surface area contributed by atoms with E-state index < -0.39 is 0 Å². The maximum atomic E-state index is 5.18. The molecule has 1 aromatic heterocycles. The first kappa shape index (κ1) is 14.3. The molecule has 3 aromatic rings. The van der Waals surface area contributed by atoms with Gasteiger partial charge in [0.15, 0.2) is 0 Å². The molecule has 0 saturated carbocycles. The van der Waals surface area contributed by atoms with Crippen LogP contribution >= 0.6 is 11.3 Å². The van der Waals surface area contributed by atoms with Crippen molar-refractivity contribution >= 4 is 22.7 Å². The molecule has 0 aliphatic rings. The molecule has 3 rings (SSSR count). The predicted octanol–water partition coefficient (Wildman–Crippen LogP) is 4.26. The zero-order valence-corrected chi connectivity index (χ0v) is 12.9. The molecule has 0 amide bonds. The minimum Gasteiger partial charge on any atom is -0.497 e. The zero-order chi connectivity index (χ0) is 15.2. The van der Waals surface area contributed by atoms with Crippen molar-refractivity contribution in [3.63, 3.8) is 0 Å². The second kappa shape index (κ2) is 6.87. The lowest BCUT2D eigenvalue weighted by Crippen LogP contribution is -1.91. The van der Waals surface area contributed by atoms with Gasteiger partial charge in [0, 0.05) is 10.9 Å². The van der Waals surface area contributed by atoms with Crippen LogP contribution in [0.3, 0.4) is 0 Å².